The van der Waals surface area contributed by atoms with E-state index in [2.05, 4.69) is 60.0 Å². The van der Waals surface area contributed by atoms with E-state index in [4.69, 9.17) is 4.74 Å². The van der Waals surface area contributed by atoms with E-state index in [-0.39, 0.29) is 29.6 Å². The standard InChI is InChI=1S/C18H37N5O.HI/c1-14(2)23-11-15(3)16(12-23)21-17(19-6)20-7-8-22-9-10-24-18(4,5)13-22;/h14-16H,7-13H2,1-6H3,(H2,19,20,21);1H. The van der Waals surface area contributed by atoms with Gasteiger partial charge in [0, 0.05) is 58.4 Å². The Balaban J connectivity index is 0.00000312. The first-order valence-electron chi connectivity index (χ1n) is 9.38. The van der Waals surface area contributed by atoms with Crippen LogP contribution in [0.25, 0.3) is 0 Å². The molecule has 7 heteroatoms. The molecule has 2 fully saturated rings. The molecule has 2 aliphatic rings. The van der Waals surface area contributed by atoms with Crippen molar-refractivity contribution in [3.05, 3.63) is 0 Å². The van der Waals surface area contributed by atoms with E-state index < -0.39 is 0 Å². The number of nitrogens with one attached hydrogen (secondary N) is 2. The largest absolute Gasteiger partial charge is 0.373 e. The van der Waals surface area contributed by atoms with Gasteiger partial charge in [-0.3, -0.25) is 14.8 Å². The van der Waals surface area contributed by atoms with Crippen LogP contribution in [0.15, 0.2) is 4.99 Å². The Kier molecular flexibility index (Phi) is 9.42. The fourth-order valence-electron chi connectivity index (χ4n) is 3.62. The molecular formula is C18H38IN5O. The Hall–Kier alpha value is -0.120. The fourth-order valence-corrected chi connectivity index (χ4v) is 3.62. The molecule has 25 heavy (non-hydrogen) atoms. The molecule has 2 atom stereocenters. The molecule has 2 heterocycles. The summed E-state index contributed by atoms with van der Waals surface area (Å²) < 4.78 is 5.77. The summed E-state index contributed by atoms with van der Waals surface area (Å²) in [6.07, 6.45) is 0. The molecule has 0 aromatic heterocycles. The third kappa shape index (κ3) is 7.19. The molecule has 0 spiro atoms. The average Bonchev–Trinajstić information content (AvgIpc) is 2.86. The van der Waals surface area contributed by atoms with Crippen molar-refractivity contribution in [1.29, 1.82) is 0 Å². The molecule has 2 aliphatic heterocycles. The van der Waals surface area contributed by atoms with Crippen molar-refractivity contribution in [3.63, 3.8) is 0 Å². The van der Waals surface area contributed by atoms with Crippen LogP contribution in [0.3, 0.4) is 0 Å². The number of guanidine groups is 1. The first kappa shape index (κ1) is 22.9. The van der Waals surface area contributed by atoms with Crippen molar-refractivity contribution >= 4 is 29.9 Å². The van der Waals surface area contributed by atoms with Gasteiger partial charge in [0.05, 0.1) is 12.2 Å². The molecule has 0 radical (unpaired) electrons. The summed E-state index contributed by atoms with van der Waals surface area (Å²) in [6, 6.07) is 1.08. The van der Waals surface area contributed by atoms with Gasteiger partial charge in [0.2, 0.25) is 0 Å². The molecule has 0 bridgehead atoms. The fraction of sp³-hybridized carbons (Fsp3) is 0.944. The lowest BCUT2D eigenvalue weighted by Gasteiger charge is -2.38. The van der Waals surface area contributed by atoms with E-state index in [0.29, 0.717) is 18.0 Å². The van der Waals surface area contributed by atoms with Crippen LogP contribution in [0.2, 0.25) is 0 Å². The highest BCUT2D eigenvalue weighted by Gasteiger charge is 2.31. The number of rotatable bonds is 5. The van der Waals surface area contributed by atoms with Gasteiger partial charge in [-0.1, -0.05) is 6.92 Å². The highest BCUT2D eigenvalue weighted by atomic mass is 127. The SMILES string of the molecule is CN=C(NCCN1CCOC(C)(C)C1)NC1CN(C(C)C)CC1C.I. The molecular weight excluding hydrogens is 429 g/mol. The van der Waals surface area contributed by atoms with Crippen LogP contribution in [0.5, 0.6) is 0 Å². The minimum Gasteiger partial charge on any atom is -0.373 e. The minimum atomic E-state index is -0.0300. The van der Waals surface area contributed by atoms with Gasteiger partial charge in [-0.15, -0.1) is 24.0 Å². The van der Waals surface area contributed by atoms with Gasteiger partial charge in [0.25, 0.3) is 0 Å². The van der Waals surface area contributed by atoms with Gasteiger partial charge >= 0.3 is 0 Å². The molecule has 0 aromatic rings. The maximum absolute atomic E-state index is 5.77. The second kappa shape index (κ2) is 10.3. The Bertz CT molecular complexity index is 430. The summed E-state index contributed by atoms with van der Waals surface area (Å²) in [4.78, 5) is 9.39. The third-order valence-corrected chi connectivity index (χ3v) is 5.14. The Morgan fingerprint density at radius 1 is 1.32 bits per heavy atom. The van der Waals surface area contributed by atoms with Crippen molar-refractivity contribution in [2.45, 2.75) is 52.3 Å². The van der Waals surface area contributed by atoms with Crippen LogP contribution in [0.4, 0.5) is 0 Å². The number of ether oxygens (including phenoxy) is 1. The van der Waals surface area contributed by atoms with E-state index in [9.17, 15) is 0 Å². The van der Waals surface area contributed by atoms with Gasteiger partial charge in [0.15, 0.2) is 5.96 Å². The van der Waals surface area contributed by atoms with Gasteiger partial charge in [-0.05, 0) is 33.6 Å². The predicted molar refractivity (Wildman–Crippen MR) is 116 cm³/mol. The monoisotopic (exact) mass is 467 g/mol. The van der Waals surface area contributed by atoms with Crippen molar-refractivity contribution in [2.24, 2.45) is 10.9 Å². The molecule has 148 valence electrons. The number of nitrogens with zero attached hydrogens (tertiary/aromatic N) is 3. The number of aliphatic imine (C=N–C) groups is 1. The van der Waals surface area contributed by atoms with E-state index in [1.165, 1.54) is 0 Å². The van der Waals surface area contributed by atoms with Gasteiger partial charge in [-0.2, -0.15) is 0 Å². The first-order chi connectivity index (χ1) is 11.3. The number of morpholine rings is 1. The van der Waals surface area contributed by atoms with E-state index in [1.54, 1.807) is 0 Å². The molecule has 2 unspecified atom stereocenters. The zero-order valence-electron chi connectivity index (χ0n) is 16.8. The van der Waals surface area contributed by atoms with E-state index in [0.717, 1.165) is 51.8 Å². The number of likely N-dealkylation sites (tertiary alicyclic amines) is 1. The van der Waals surface area contributed by atoms with Crippen molar-refractivity contribution in [1.82, 2.24) is 20.4 Å². The molecule has 6 nitrogen and oxygen atoms in total. The second-order valence-corrected chi connectivity index (χ2v) is 8.16. The highest BCUT2D eigenvalue weighted by molar-refractivity contribution is 14.0. The van der Waals surface area contributed by atoms with Gasteiger partial charge in [0.1, 0.15) is 0 Å². The molecule has 0 aliphatic carbocycles. The normalized spacial score (nSPS) is 28.0. The van der Waals surface area contributed by atoms with Gasteiger partial charge in [-0.25, -0.2) is 0 Å². The van der Waals surface area contributed by atoms with Crippen LogP contribution < -0.4 is 10.6 Å². The maximum Gasteiger partial charge on any atom is 0.191 e. The van der Waals surface area contributed by atoms with Gasteiger partial charge < -0.3 is 15.4 Å². The first-order valence-corrected chi connectivity index (χ1v) is 9.38. The predicted octanol–water partition coefficient (Wildman–Crippen LogP) is 1.61. The van der Waals surface area contributed by atoms with Crippen LogP contribution in [-0.4, -0.2) is 86.4 Å². The molecule has 2 saturated heterocycles. The average molecular weight is 467 g/mol. The summed E-state index contributed by atoms with van der Waals surface area (Å²) in [5, 5.41) is 7.08. The molecule has 0 aromatic carbocycles. The summed E-state index contributed by atoms with van der Waals surface area (Å²) in [6.45, 7) is 18.2. The summed E-state index contributed by atoms with van der Waals surface area (Å²) in [7, 11) is 1.85. The van der Waals surface area contributed by atoms with Crippen molar-refractivity contribution in [3.8, 4) is 0 Å². The Morgan fingerprint density at radius 2 is 2.04 bits per heavy atom. The summed E-state index contributed by atoms with van der Waals surface area (Å²) in [5.41, 5.74) is -0.0300. The smallest absolute Gasteiger partial charge is 0.191 e. The molecule has 2 rings (SSSR count). The van der Waals surface area contributed by atoms with Crippen molar-refractivity contribution < 1.29 is 4.74 Å². The Labute approximate surface area is 171 Å². The molecule has 2 N–H and O–H groups in total. The lowest BCUT2D eigenvalue weighted by Crippen LogP contribution is -2.52. The summed E-state index contributed by atoms with van der Waals surface area (Å²) in [5.74, 6) is 1.57. The van der Waals surface area contributed by atoms with Crippen molar-refractivity contribution in [2.75, 3.05) is 52.9 Å². The van der Waals surface area contributed by atoms with E-state index >= 15 is 0 Å². The lowest BCUT2D eigenvalue weighted by atomic mass is 10.1. The van der Waals surface area contributed by atoms with Crippen LogP contribution >= 0.6 is 24.0 Å². The number of halogens is 1. The summed E-state index contributed by atoms with van der Waals surface area (Å²) >= 11 is 0. The molecule has 0 saturated carbocycles. The Morgan fingerprint density at radius 3 is 2.60 bits per heavy atom. The lowest BCUT2D eigenvalue weighted by molar-refractivity contribution is -0.0852. The topological polar surface area (TPSA) is 52.1 Å². The zero-order valence-corrected chi connectivity index (χ0v) is 19.2. The zero-order chi connectivity index (χ0) is 17.7. The number of hydrogen-bond acceptors (Lipinski definition) is 4. The van der Waals surface area contributed by atoms with Crippen LogP contribution in [0.1, 0.15) is 34.6 Å². The number of hydrogen-bond donors (Lipinski definition) is 2. The second-order valence-electron chi connectivity index (χ2n) is 8.16. The van der Waals surface area contributed by atoms with Crippen LogP contribution in [0, 0.1) is 5.92 Å². The van der Waals surface area contributed by atoms with Crippen LogP contribution in [-0.2, 0) is 4.74 Å². The third-order valence-electron chi connectivity index (χ3n) is 5.14. The molecule has 0 amide bonds. The quantitative estimate of drug-likeness (QED) is 0.366. The minimum absolute atomic E-state index is 0. The maximum atomic E-state index is 5.77. The highest BCUT2D eigenvalue weighted by Crippen LogP contribution is 2.18. The van der Waals surface area contributed by atoms with E-state index in [1.807, 2.05) is 7.05 Å².